The van der Waals surface area contributed by atoms with Crippen LogP contribution in [0.25, 0.3) is 5.82 Å². The number of anilines is 1. The zero-order chi connectivity index (χ0) is 23.4. The van der Waals surface area contributed by atoms with Crippen LogP contribution in [0.2, 0.25) is 0 Å². The second-order valence-corrected chi connectivity index (χ2v) is 8.50. The molecule has 0 radical (unpaired) electrons. The van der Waals surface area contributed by atoms with Crippen LogP contribution in [-0.4, -0.2) is 34.5 Å². The third-order valence-electron chi connectivity index (χ3n) is 4.54. The zero-order valence-electron chi connectivity index (χ0n) is 17.8. The molecule has 11 heteroatoms. The maximum atomic E-state index is 14.1. The molecule has 0 aliphatic rings. The highest BCUT2D eigenvalue weighted by atomic mass is 32.2. The fraction of sp³-hybridized carbons (Fsp3) is 0.136. The fourth-order valence-corrected chi connectivity index (χ4v) is 4.05. The maximum Gasteiger partial charge on any atom is 0.262 e. The second-order valence-electron chi connectivity index (χ2n) is 6.82. The molecular weight excluding hydrogens is 449 g/mol. The second kappa shape index (κ2) is 9.25. The summed E-state index contributed by atoms with van der Waals surface area (Å²) >= 11 is 0. The molecule has 0 unspecified atom stereocenters. The van der Waals surface area contributed by atoms with Crippen LogP contribution in [0.3, 0.4) is 0 Å². The molecule has 0 bridgehead atoms. The molecule has 0 aliphatic carbocycles. The van der Waals surface area contributed by atoms with E-state index in [0.717, 1.165) is 11.9 Å². The van der Waals surface area contributed by atoms with Crippen LogP contribution in [0, 0.1) is 12.7 Å². The van der Waals surface area contributed by atoms with Crippen LogP contribution in [0.4, 0.5) is 10.1 Å². The third-order valence-corrected chi connectivity index (χ3v) is 5.92. The topological polar surface area (TPSA) is 108 Å². The minimum Gasteiger partial charge on any atom is -0.491 e. The highest BCUT2D eigenvalue weighted by Gasteiger charge is 2.17. The smallest absolute Gasteiger partial charge is 0.262 e. The Morgan fingerprint density at radius 3 is 2.52 bits per heavy atom. The quantitative estimate of drug-likeness (QED) is 0.414. The summed E-state index contributed by atoms with van der Waals surface area (Å²) in [5.74, 6) is 1.36. The predicted octanol–water partition coefficient (Wildman–Crippen LogP) is 4.10. The lowest BCUT2D eigenvalue weighted by Crippen LogP contribution is -2.13. The zero-order valence-corrected chi connectivity index (χ0v) is 18.6. The number of hydrogen-bond acceptors (Lipinski definition) is 7. The summed E-state index contributed by atoms with van der Waals surface area (Å²) in [6.45, 7) is 3.84. The van der Waals surface area contributed by atoms with E-state index in [1.807, 2.05) is 6.92 Å². The van der Waals surface area contributed by atoms with Gasteiger partial charge in [-0.2, -0.15) is 0 Å². The van der Waals surface area contributed by atoms with Crippen molar-refractivity contribution in [2.24, 2.45) is 0 Å². The van der Waals surface area contributed by atoms with Gasteiger partial charge in [-0.15, -0.1) is 0 Å². The maximum absolute atomic E-state index is 14.1. The first-order valence-electron chi connectivity index (χ1n) is 9.91. The van der Waals surface area contributed by atoms with E-state index in [1.165, 1.54) is 30.6 Å². The molecular formula is C22H20FN5O4S. The number of nitrogens with zero attached hydrogens (tertiary/aromatic N) is 4. The molecule has 0 saturated heterocycles. The van der Waals surface area contributed by atoms with Gasteiger partial charge in [0.15, 0.2) is 11.6 Å². The van der Waals surface area contributed by atoms with Gasteiger partial charge < -0.3 is 9.47 Å². The van der Waals surface area contributed by atoms with E-state index in [4.69, 9.17) is 9.47 Å². The van der Waals surface area contributed by atoms with Gasteiger partial charge in [0, 0.05) is 24.1 Å². The van der Waals surface area contributed by atoms with Crippen molar-refractivity contribution >= 4 is 15.7 Å². The number of rotatable bonds is 8. The number of aryl methyl sites for hydroxylation is 1. The first kappa shape index (κ1) is 22.2. The Balaban J connectivity index is 1.47. The summed E-state index contributed by atoms with van der Waals surface area (Å²) < 4.78 is 54.3. The van der Waals surface area contributed by atoms with Crippen molar-refractivity contribution in [2.45, 2.75) is 18.7 Å². The Morgan fingerprint density at radius 1 is 1.06 bits per heavy atom. The van der Waals surface area contributed by atoms with Crippen molar-refractivity contribution in [1.82, 2.24) is 19.5 Å². The Hall–Kier alpha value is -3.99. The van der Waals surface area contributed by atoms with Crippen LogP contribution < -0.4 is 14.2 Å². The molecule has 4 aromatic rings. The minimum atomic E-state index is -3.99. The van der Waals surface area contributed by atoms with Crippen LogP contribution in [0.5, 0.6) is 17.4 Å². The average molecular weight is 469 g/mol. The van der Waals surface area contributed by atoms with Crippen molar-refractivity contribution in [3.05, 3.63) is 78.9 Å². The van der Waals surface area contributed by atoms with Crippen LogP contribution in [-0.2, 0) is 10.0 Å². The van der Waals surface area contributed by atoms with Gasteiger partial charge in [0.1, 0.15) is 23.7 Å². The molecule has 2 aromatic carbocycles. The van der Waals surface area contributed by atoms with E-state index < -0.39 is 15.8 Å². The first-order valence-corrected chi connectivity index (χ1v) is 11.4. The molecule has 170 valence electrons. The van der Waals surface area contributed by atoms with Crippen molar-refractivity contribution in [3.8, 4) is 23.2 Å². The summed E-state index contributed by atoms with van der Waals surface area (Å²) in [6, 6.07) is 11.4. The molecule has 4 rings (SSSR count). The number of nitrogens with one attached hydrogen (secondary N) is 1. The van der Waals surface area contributed by atoms with E-state index >= 15 is 0 Å². The van der Waals surface area contributed by atoms with Crippen LogP contribution >= 0.6 is 0 Å². The lowest BCUT2D eigenvalue weighted by atomic mass is 10.3. The van der Waals surface area contributed by atoms with E-state index in [-0.39, 0.29) is 22.9 Å². The molecule has 0 aliphatic heterocycles. The number of hydrogen-bond donors (Lipinski definition) is 1. The van der Waals surface area contributed by atoms with Gasteiger partial charge in [0.2, 0.25) is 5.88 Å². The van der Waals surface area contributed by atoms with Gasteiger partial charge in [0.25, 0.3) is 10.0 Å². The molecule has 2 aromatic heterocycles. The Bertz CT molecular complexity index is 1370. The highest BCUT2D eigenvalue weighted by molar-refractivity contribution is 7.92. The molecule has 9 nitrogen and oxygen atoms in total. The van der Waals surface area contributed by atoms with Gasteiger partial charge in [0.05, 0.1) is 11.5 Å². The highest BCUT2D eigenvalue weighted by Crippen LogP contribution is 2.26. The number of benzene rings is 2. The molecule has 33 heavy (non-hydrogen) atoms. The number of halogens is 1. The monoisotopic (exact) mass is 469 g/mol. The number of sulfonamides is 1. The van der Waals surface area contributed by atoms with Crippen molar-refractivity contribution < 1.29 is 22.3 Å². The Kier molecular flexibility index (Phi) is 6.22. The lowest BCUT2D eigenvalue weighted by Gasteiger charge is -2.11. The van der Waals surface area contributed by atoms with Gasteiger partial charge in [-0.1, -0.05) is 0 Å². The number of aromatic nitrogens is 4. The van der Waals surface area contributed by atoms with E-state index in [1.54, 1.807) is 42.1 Å². The van der Waals surface area contributed by atoms with Crippen molar-refractivity contribution in [3.63, 3.8) is 0 Å². The van der Waals surface area contributed by atoms with E-state index in [0.29, 0.717) is 17.4 Å². The molecule has 0 saturated carbocycles. The standard InChI is InChI=1S/C22H20FN5O4S/c1-3-31-20-9-8-18(12-19(20)23)33(29,30)27-16-4-6-17(7-5-16)32-22-13-21(25-14-26-22)28-11-10-24-15(28)2/h4-14,27H,3H2,1-2H3. The molecule has 0 atom stereocenters. The van der Waals surface area contributed by atoms with Gasteiger partial charge in [-0.3, -0.25) is 9.29 Å². The van der Waals surface area contributed by atoms with Crippen molar-refractivity contribution in [2.75, 3.05) is 11.3 Å². The molecule has 1 N–H and O–H groups in total. The summed E-state index contributed by atoms with van der Waals surface area (Å²) in [4.78, 5) is 12.3. The van der Waals surface area contributed by atoms with Gasteiger partial charge >= 0.3 is 0 Å². The van der Waals surface area contributed by atoms with E-state index in [9.17, 15) is 12.8 Å². The third kappa shape index (κ3) is 5.09. The summed E-state index contributed by atoms with van der Waals surface area (Å²) in [7, 11) is -3.99. The SMILES string of the molecule is CCOc1ccc(S(=O)(=O)Nc2ccc(Oc3cc(-n4ccnc4C)ncn3)cc2)cc1F. The summed E-state index contributed by atoms with van der Waals surface area (Å²) in [5, 5.41) is 0. The lowest BCUT2D eigenvalue weighted by molar-refractivity contribution is 0.321. The minimum absolute atomic E-state index is 0.00553. The fourth-order valence-electron chi connectivity index (χ4n) is 2.98. The van der Waals surface area contributed by atoms with E-state index in [2.05, 4.69) is 19.7 Å². The molecule has 2 heterocycles. The normalized spacial score (nSPS) is 11.2. The number of ether oxygens (including phenoxy) is 2. The Morgan fingerprint density at radius 2 is 1.85 bits per heavy atom. The van der Waals surface area contributed by atoms with Crippen LogP contribution in [0.15, 0.2) is 72.1 Å². The summed E-state index contributed by atoms with van der Waals surface area (Å²) in [6.07, 6.45) is 4.82. The Labute approximate surface area is 189 Å². The predicted molar refractivity (Wildman–Crippen MR) is 119 cm³/mol. The van der Waals surface area contributed by atoms with Gasteiger partial charge in [-0.05, 0) is 56.3 Å². The summed E-state index contributed by atoms with van der Waals surface area (Å²) in [5.41, 5.74) is 0.286. The van der Waals surface area contributed by atoms with Crippen molar-refractivity contribution in [1.29, 1.82) is 0 Å². The van der Waals surface area contributed by atoms with Gasteiger partial charge in [-0.25, -0.2) is 27.8 Å². The number of imidazole rings is 1. The average Bonchev–Trinajstić information content (AvgIpc) is 3.22. The first-order chi connectivity index (χ1) is 15.9. The molecule has 0 spiro atoms. The molecule has 0 amide bonds. The van der Waals surface area contributed by atoms with Crippen LogP contribution in [0.1, 0.15) is 12.7 Å². The largest absolute Gasteiger partial charge is 0.491 e. The molecule has 0 fully saturated rings.